The second-order valence-electron chi connectivity index (χ2n) is 6.45. The zero-order valence-electron chi connectivity index (χ0n) is 15.4. The number of esters is 1. The van der Waals surface area contributed by atoms with Gasteiger partial charge in [0, 0.05) is 5.02 Å². The minimum atomic E-state index is -0.567. The molecule has 4 rings (SSSR count). The Balaban J connectivity index is 1.47. The summed E-state index contributed by atoms with van der Waals surface area (Å²) in [5, 5.41) is 0.819. The van der Waals surface area contributed by atoms with E-state index in [4.69, 9.17) is 32.7 Å². The van der Waals surface area contributed by atoms with Crippen LogP contribution in [0, 0.1) is 5.82 Å². The Labute approximate surface area is 182 Å². The summed E-state index contributed by atoms with van der Waals surface area (Å²) in [6, 6.07) is 18.1. The van der Waals surface area contributed by atoms with Gasteiger partial charge in [0.2, 0.25) is 5.90 Å². The highest BCUT2D eigenvalue weighted by Crippen LogP contribution is 2.26. The van der Waals surface area contributed by atoms with Crippen molar-refractivity contribution >= 4 is 41.1 Å². The number of benzene rings is 3. The molecule has 1 aliphatic heterocycles. The first-order valence-electron chi connectivity index (χ1n) is 8.93. The van der Waals surface area contributed by atoms with E-state index >= 15 is 0 Å². The molecule has 0 fully saturated rings. The molecule has 0 radical (unpaired) electrons. The monoisotopic (exact) mass is 441 g/mol. The topological polar surface area (TPSA) is 47.9 Å². The molecule has 1 heterocycles. The molecule has 0 bridgehead atoms. The van der Waals surface area contributed by atoms with Gasteiger partial charge in [-0.15, -0.1) is 0 Å². The molecule has 0 atom stereocenters. The smallest absolute Gasteiger partial charge is 0.363 e. The number of hydrogen-bond acceptors (Lipinski definition) is 4. The number of hydrogen-bond donors (Lipinski definition) is 0. The van der Waals surface area contributed by atoms with E-state index in [-0.39, 0.29) is 24.0 Å². The van der Waals surface area contributed by atoms with Gasteiger partial charge in [-0.3, -0.25) is 0 Å². The van der Waals surface area contributed by atoms with E-state index < -0.39 is 5.97 Å². The lowest BCUT2D eigenvalue weighted by atomic mass is 10.2. The average molecular weight is 442 g/mol. The van der Waals surface area contributed by atoms with Crippen LogP contribution >= 0.6 is 23.2 Å². The van der Waals surface area contributed by atoms with Crippen molar-refractivity contribution in [2.45, 2.75) is 6.61 Å². The van der Waals surface area contributed by atoms with Crippen LogP contribution < -0.4 is 4.74 Å². The largest absolute Gasteiger partial charge is 0.489 e. The van der Waals surface area contributed by atoms with Gasteiger partial charge in [0.05, 0.1) is 10.6 Å². The number of carbonyl (C=O) groups is 1. The van der Waals surface area contributed by atoms with Crippen molar-refractivity contribution in [3.8, 4) is 5.75 Å². The molecule has 30 heavy (non-hydrogen) atoms. The predicted molar refractivity (Wildman–Crippen MR) is 114 cm³/mol. The summed E-state index contributed by atoms with van der Waals surface area (Å²) in [6.07, 6.45) is 1.61. The maximum Gasteiger partial charge on any atom is 0.363 e. The lowest BCUT2D eigenvalue weighted by Crippen LogP contribution is -2.05. The molecule has 0 aromatic heterocycles. The lowest BCUT2D eigenvalue weighted by Gasteiger charge is -2.06. The van der Waals surface area contributed by atoms with Crippen LogP contribution in [0.5, 0.6) is 5.75 Å². The van der Waals surface area contributed by atoms with E-state index in [9.17, 15) is 9.18 Å². The molecule has 7 heteroatoms. The summed E-state index contributed by atoms with van der Waals surface area (Å²) >= 11 is 12.0. The number of nitrogens with zero attached hydrogens (tertiary/aromatic N) is 1. The Kier molecular flexibility index (Phi) is 5.84. The van der Waals surface area contributed by atoms with Gasteiger partial charge in [0.1, 0.15) is 18.2 Å². The second kappa shape index (κ2) is 8.69. The van der Waals surface area contributed by atoms with Crippen molar-refractivity contribution < 1.29 is 18.7 Å². The quantitative estimate of drug-likeness (QED) is 0.357. The molecule has 0 aliphatic carbocycles. The third kappa shape index (κ3) is 4.70. The van der Waals surface area contributed by atoms with Crippen LogP contribution in [0.25, 0.3) is 6.08 Å². The predicted octanol–water partition coefficient (Wildman–Crippen LogP) is 6.06. The third-order valence-electron chi connectivity index (χ3n) is 4.26. The Morgan fingerprint density at radius 2 is 1.83 bits per heavy atom. The Morgan fingerprint density at radius 3 is 2.57 bits per heavy atom. The van der Waals surface area contributed by atoms with Gasteiger partial charge in [-0.05, 0) is 59.7 Å². The summed E-state index contributed by atoms with van der Waals surface area (Å²) < 4.78 is 24.1. The van der Waals surface area contributed by atoms with Crippen LogP contribution in [0.15, 0.2) is 77.4 Å². The number of cyclic esters (lactones) is 1. The van der Waals surface area contributed by atoms with Crippen LogP contribution in [-0.2, 0) is 16.1 Å². The van der Waals surface area contributed by atoms with Crippen molar-refractivity contribution in [1.82, 2.24) is 0 Å². The molecule has 0 N–H and O–H groups in total. The molecule has 0 spiro atoms. The number of rotatable bonds is 5. The maximum absolute atomic E-state index is 13.2. The van der Waals surface area contributed by atoms with E-state index in [1.807, 2.05) is 0 Å². The number of aliphatic imine (C=N–C) groups is 1. The zero-order valence-corrected chi connectivity index (χ0v) is 17.0. The van der Waals surface area contributed by atoms with Crippen LogP contribution in [0.2, 0.25) is 10.0 Å². The normalized spacial score (nSPS) is 14.6. The number of ether oxygens (including phenoxy) is 2. The number of halogens is 3. The van der Waals surface area contributed by atoms with Gasteiger partial charge in [0.25, 0.3) is 0 Å². The van der Waals surface area contributed by atoms with Crippen molar-refractivity contribution in [1.29, 1.82) is 0 Å². The van der Waals surface area contributed by atoms with E-state index in [0.29, 0.717) is 21.4 Å². The van der Waals surface area contributed by atoms with Gasteiger partial charge in [-0.25, -0.2) is 14.2 Å². The first-order valence-corrected chi connectivity index (χ1v) is 9.69. The van der Waals surface area contributed by atoms with Crippen molar-refractivity contribution in [3.63, 3.8) is 0 Å². The number of carbonyl (C=O) groups excluding carboxylic acids is 1. The van der Waals surface area contributed by atoms with E-state index in [1.54, 1.807) is 60.7 Å². The van der Waals surface area contributed by atoms with Gasteiger partial charge >= 0.3 is 5.97 Å². The highest BCUT2D eigenvalue weighted by atomic mass is 35.5. The summed E-state index contributed by atoms with van der Waals surface area (Å²) in [5.41, 5.74) is 2.12. The lowest BCUT2D eigenvalue weighted by molar-refractivity contribution is -0.129. The fraction of sp³-hybridized carbons (Fsp3) is 0.0435. The molecular weight excluding hydrogens is 428 g/mol. The molecule has 0 amide bonds. The van der Waals surface area contributed by atoms with Crippen molar-refractivity contribution in [3.05, 3.63) is 105 Å². The first kappa shape index (κ1) is 20.1. The van der Waals surface area contributed by atoms with Gasteiger partial charge in [0.15, 0.2) is 5.70 Å². The fourth-order valence-electron chi connectivity index (χ4n) is 2.80. The van der Waals surface area contributed by atoms with Gasteiger partial charge in [-0.1, -0.05) is 47.5 Å². The molecule has 1 aliphatic rings. The summed E-state index contributed by atoms with van der Waals surface area (Å²) in [5.74, 6) is -0.126. The molecule has 0 saturated carbocycles. The van der Waals surface area contributed by atoms with E-state index in [0.717, 1.165) is 11.1 Å². The Morgan fingerprint density at radius 1 is 1.03 bits per heavy atom. The highest BCUT2D eigenvalue weighted by Gasteiger charge is 2.25. The van der Waals surface area contributed by atoms with Crippen LogP contribution in [-0.4, -0.2) is 11.9 Å². The first-order chi connectivity index (χ1) is 14.5. The average Bonchev–Trinajstić information content (AvgIpc) is 3.07. The fourth-order valence-corrected chi connectivity index (χ4v) is 3.29. The SMILES string of the molecule is O=C1OC(c2ccc(Cl)cc2Cl)=N/C1=C\c1ccc(OCc2cccc(F)c2)cc1. The van der Waals surface area contributed by atoms with Crippen molar-refractivity contribution in [2.24, 2.45) is 4.99 Å². The molecule has 0 unspecified atom stereocenters. The molecule has 3 aromatic rings. The molecular formula is C23H14Cl2FNO3. The molecule has 4 nitrogen and oxygen atoms in total. The summed E-state index contributed by atoms with van der Waals surface area (Å²) in [7, 11) is 0. The van der Waals surface area contributed by atoms with E-state index in [1.165, 1.54) is 12.1 Å². The Bertz CT molecular complexity index is 1170. The Hall–Kier alpha value is -3.15. The molecule has 3 aromatic carbocycles. The van der Waals surface area contributed by atoms with Gasteiger partial charge in [-0.2, -0.15) is 0 Å². The summed E-state index contributed by atoms with van der Waals surface area (Å²) in [6.45, 7) is 0.250. The van der Waals surface area contributed by atoms with Gasteiger partial charge < -0.3 is 9.47 Å². The second-order valence-corrected chi connectivity index (χ2v) is 7.29. The van der Waals surface area contributed by atoms with Crippen LogP contribution in [0.1, 0.15) is 16.7 Å². The molecule has 150 valence electrons. The zero-order chi connectivity index (χ0) is 21.1. The standard InChI is InChI=1S/C23H14Cl2FNO3/c24-16-6-9-19(20(25)12-16)22-27-21(23(28)30-22)11-14-4-7-18(8-5-14)29-13-15-2-1-3-17(26)10-15/h1-12H,13H2/b21-11-. The third-order valence-corrected chi connectivity index (χ3v) is 4.81. The maximum atomic E-state index is 13.2. The minimum absolute atomic E-state index is 0.128. The highest BCUT2D eigenvalue weighted by molar-refractivity contribution is 6.37. The molecule has 0 saturated heterocycles. The minimum Gasteiger partial charge on any atom is -0.489 e. The van der Waals surface area contributed by atoms with E-state index in [2.05, 4.69) is 4.99 Å². The van der Waals surface area contributed by atoms with Crippen LogP contribution in [0.3, 0.4) is 0 Å². The summed E-state index contributed by atoms with van der Waals surface area (Å²) in [4.78, 5) is 16.4. The van der Waals surface area contributed by atoms with Crippen molar-refractivity contribution in [2.75, 3.05) is 0 Å². The van der Waals surface area contributed by atoms with Crippen LogP contribution in [0.4, 0.5) is 4.39 Å².